The fraction of sp³-hybridized carbons (Fsp3) is 0.0769. The van der Waals surface area contributed by atoms with Crippen LogP contribution in [0.2, 0.25) is 0 Å². The number of nitrogens with zero attached hydrogens (tertiary/aromatic N) is 2. The molecule has 10 rings (SSSR count). The van der Waals surface area contributed by atoms with Crippen molar-refractivity contribution in [1.82, 2.24) is 0 Å². The van der Waals surface area contributed by atoms with Crippen LogP contribution in [0.1, 0.15) is 13.8 Å². The summed E-state index contributed by atoms with van der Waals surface area (Å²) in [6.07, 6.45) is 2.52. The highest BCUT2D eigenvalue weighted by molar-refractivity contribution is 8.34. The number of benzene rings is 7. The Balaban J connectivity index is 0.997. The van der Waals surface area contributed by atoms with E-state index in [2.05, 4.69) is 223 Å². The molecule has 2 nitrogen and oxygen atoms in total. The van der Waals surface area contributed by atoms with Gasteiger partial charge in [0.25, 0.3) is 0 Å². The molecule has 0 N–H and O–H groups in total. The topological polar surface area (TPSA) is 6.48 Å². The molecule has 57 heavy (non-hydrogen) atoms. The van der Waals surface area contributed by atoms with Crippen LogP contribution in [-0.4, -0.2) is 11.5 Å². The van der Waals surface area contributed by atoms with Crippen molar-refractivity contribution in [2.75, 3.05) is 16.1 Å². The van der Waals surface area contributed by atoms with Gasteiger partial charge < -0.3 is 9.80 Å². The first-order valence-corrected chi connectivity index (χ1v) is 23.3. The highest BCUT2D eigenvalue weighted by Crippen LogP contribution is 2.75. The summed E-state index contributed by atoms with van der Waals surface area (Å²) in [6.45, 7) is 4.79. The molecule has 3 heterocycles. The number of para-hydroxylation sites is 1. The highest BCUT2D eigenvalue weighted by atomic mass is 32.3. The number of thiophene rings is 2. The average Bonchev–Trinajstić information content (AvgIpc) is 3.98. The van der Waals surface area contributed by atoms with E-state index >= 15 is 0 Å². The van der Waals surface area contributed by atoms with Crippen molar-refractivity contribution in [2.45, 2.75) is 28.9 Å². The van der Waals surface area contributed by atoms with E-state index in [-0.39, 0.29) is 0 Å². The number of rotatable bonds is 9. The normalized spacial score (nSPS) is 15.6. The predicted molar refractivity (Wildman–Crippen MR) is 251 cm³/mol. The number of hydrogen-bond acceptors (Lipinski definition) is 4. The number of fused-ring (bicyclic) bond motifs is 4. The van der Waals surface area contributed by atoms with Crippen LogP contribution in [-0.2, 0) is 0 Å². The lowest BCUT2D eigenvalue weighted by molar-refractivity contribution is 1.08. The zero-order valence-electron chi connectivity index (χ0n) is 32.2. The summed E-state index contributed by atoms with van der Waals surface area (Å²) in [6, 6.07) is 68.6. The van der Waals surface area contributed by atoms with Gasteiger partial charge in [0.15, 0.2) is 0 Å². The molecule has 1 aliphatic rings. The molecular formula is C52H42N2S3. The van der Waals surface area contributed by atoms with Gasteiger partial charge in [-0.15, -0.1) is 22.7 Å². The minimum absolute atomic E-state index is 0.574. The van der Waals surface area contributed by atoms with Crippen LogP contribution < -0.4 is 9.80 Å². The van der Waals surface area contributed by atoms with E-state index in [1.54, 1.807) is 9.79 Å². The number of hydrogen-bond donors (Lipinski definition) is 0. The Bertz CT molecular complexity index is 2820. The molecule has 7 aromatic carbocycles. The number of anilines is 6. The lowest BCUT2D eigenvalue weighted by Crippen LogP contribution is -2.10. The first kappa shape index (κ1) is 35.6. The van der Waals surface area contributed by atoms with Crippen molar-refractivity contribution < 1.29 is 0 Å². The Kier molecular flexibility index (Phi) is 9.10. The van der Waals surface area contributed by atoms with Gasteiger partial charge >= 0.3 is 0 Å². The van der Waals surface area contributed by atoms with Gasteiger partial charge in [0.1, 0.15) is 5.00 Å². The lowest BCUT2D eigenvalue weighted by Gasteiger charge is -2.37. The molecule has 278 valence electrons. The van der Waals surface area contributed by atoms with E-state index in [1.807, 2.05) is 22.7 Å². The molecule has 1 aliphatic heterocycles. The van der Waals surface area contributed by atoms with Gasteiger partial charge in [0.2, 0.25) is 0 Å². The third kappa shape index (κ3) is 6.18. The second-order valence-electron chi connectivity index (χ2n) is 14.9. The Hall–Kier alpha value is -5.85. The molecule has 0 amide bonds. The molecule has 5 heteroatoms. The molecule has 2 aromatic heterocycles. The van der Waals surface area contributed by atoms with E-state index in [9.17, 15) is 0 Å². The van der Waals surface area contributed by atoms with Crippen molar-refractivity contribution in [2.24, 2.45) is 0 Å². The van der Waals surface area contributed by atoms with Crippen LogP contribution in [0.15, 0.2) is 203 Å². The van der Waals surface area contributed by atoms with Gasteiger partial charge in [-0.1, -0.05) is 135 Å². The molecule has 1 atom stereocenters. The Morgan fingerprint density at radius 2 is 0.965 bits per heavy atom. The van der Waals surface area contributed by atoms with Crippen molar-refractivity contribution in [3.05, 3.63) is 193 Å². The van der Waals surface area contributed by atoms with Crippen LogP contribution >= 0.6 is 32.7 Å². The Morgan fingerprint density at radius 3 is 1.58 bits per heavy atom. The fourth-order valence-corrected chi connectivity index (χ4v) is 14.8. The van der Waals surface area contributed by atoms with Gasteiger partial charge in [0, 0.05) is 37.9 Å². The summed E-state index contributed by atoms with van der Waals surface area (Å²) in [4.78, 5) is 10.9. The molecule has 0 saturated heterocycles. The van der Waals surface area contributed by atoms with Gasteiger partial charge in [-0.2, -0.15) is 10.0 Å². The molecule has 0 bridgehead atoms. The second-order valence-corrected chi connectivity index (χ2v) is 20.7. The minimum atomic E-state index is -1.09. The van der Waals surface area contributed by atoms with E-state index in [4.69, 9.17) is 0 Å². The van der Waals surface area contributed by atoms with E-state index in [0.29, 0.717) is 5.25 Å². The Labute approximate surface area is 345 Å². The van der Waals surface area contributed by atoms with Crippen LogP contribution in [0.25, 0.3) is 42.8 Å². The maximum atomic E-state index is 2.52. The molecule has 1 unspecified atom stereocenters. The largest absolute Gasteiger partial charge is 0.310 e. The summed E-state index contributed by atoms with van der Waals surface area (Å²) >= 11 is 3.84. The molecule has 9 aromatic rings. The lowest BCUT2D eigenvalue weighted by atomic mass is 10.0. The summed E-state index contributed by atoms with van der Waals surface area (Å²) in [5.41, 5.74) is 10.5. The van der Waals surface area contributed by atoms with Crippen molar-refractivity contribution >= 4 is 76.9 Å². The highest BCUT2D eigenvalue weighted by Gasteiger charge is 2.41. The van der Waals surface area contributed by atoms with E-state index in [0.717, 1.165) is 22.7 Å². The minimum Gasteiger partial charge on any atom is -0.310 e. The van der Waals surface area contributed by atoms with Crippen LogP contribution in [0.5, 0.6) is 0 Å². The zero-order chi connectivity index (χ0) is 38.5. The van der Waals surface area contributed by atoms with Gasteiger partial charge in [-0.25, -0.2) is 0 Å². The molecule has 0 spiro atoms. The smallest absolute Gasteiger partial charge is 0.102 e. The molecule has 0 aliphatic carbocycles. The first-order chi connectivity index (χ1) is 28.0. The fourth-order valence-electron chi connectivity index (χ4n) is 8.22. The van der Waals surface area contributed by atoms with Crippen molar-refractivity contribution in [1.29, 1.82) is 0 Å². The maximum Gasteiger partial charge on any atom is 0.102 e. The quantitative estimate of drug-likeness (QED) is 0.144. The van der Waals surface area contributed by atoms with E-state index < -0.39 is 10.0 Å². The third-order valence-corrected chi connectivity index (χ3v) is 18.3. The summed E-state index contributed by atoms with van der Waals surface area (Å²) < 4.78 is 0. The molecule has 0 fully saturated rings. The average molecular weight is 791 g/mol. The van der Waals surface area contributed by atoms with Gasteiger partial charge in [-0.05, 0) is 111 Å². The van der Waals surface area contributed by atoms with Gasteiger partial charge in [0.05, 0.1) is 15.4 Å². The molecular weight excluding hydrogens is 749 g/mol. The van der Waals surface area contributed by atoms with Crippen LogP contribution in [0.4, 0.5) is 33.4 Å². The first-order valence-electron chi connectivity index (χ1n) is 19.5. The SMILES string of the molecule is CC(C)S1(C)c2ccsc2-c2sc(N(c3ccccc3)c3ccc(-c4ccc(N(c5ccc(-c6ccccc6)cc5)c5cccc6ccccc56)cc4)cc3)cc21. The summed E-state index contributed by atoms with van der Waals surface area (Å²) in [5.74, 6) is 0. The van der Waals surface area contributed by atoms with Crippen LogP contribution in [0.3, 0.4) is 0 Å². The molecule has 0 radical (unpaired) electrons. The zero-order valence-corrected chi connectivity index (χ0v) is 34.6. The Morgan fingerprint density at radius 1 is 0.456 bits per heavy atom. The third-order valence-electron chi connectivity index (χ3n) is 11.4. The van der Waals surface area contributed by atoms with E-state index in [1.165, 1.54) is 53.5 Å². The van der Waals surface area contributed by atoms with Gasteiger partial charge in [-0.3, -0.25) is 0 Å². The van der Waals surface area contributed by atoms with Crippen LogP contribution in [0, 0.1) is 0 Å². The van der Waals surface area contributed by atoms with Crippen molar-refractivity contribution in [3.8, 4) is 32.0 Å². The summed E-state index contributed by atoms with van der Waals surface area (Å²) in [7, 11) is -1.09. The molecule has 0 saturated carbocycles. The van der Waals surface area contributed by atoms with Crippen molar-refractivity contribution in [3.63, 3.8) is 0 Å². The monoisotopic (exact) mass is 790 g/mol. The summed E-state index contributed by atoms with van der Waals surface area (Å²) in [5, 5.41) is 6.57. The predicted octanol–water partition coefficient (Wildman–Crippen LogP) is 16.5. The standard InChI is InChI=1S/C52H42N2S3/c1-36(2)57(3)48-33-34-55-51(48)52-49(57)35-50(56-52)54(42-17-8-5-9-18-42)45-31-25-40(26-32-45)39-23-29-44(30-24-39)53(47-20-12-16-41-15-10-11-19-46(41)47)43-27-21-38(22-28-43)37-13-6-4-7-14-37/h4-36H,1-3H3. The maximum absolute atomic E-state index is 2.52. The second kappa shape index (κ2) is 14.6.